The molecule has 10 rings (SSSR count). The Morgan fingerprint density at radius 3 is 1.25 bits per heavy atom. The molecule has 4 heterocycles. The number of piperidine rings is 2. The number of amides is 4. The fraction of sp³-hybridized carbons (Fsp3) is 0.333. The van der Waals surface area contributed by atoms with E-state index in [0.717, 1.165) is 99.3 Å². The molecule has 6 atom stereocenters. The van der Waals surface area contributed by atoms with Crippen molar-refractivity contribution in [1.82, 2.24) is 31.1 Å². The molecule has 4 aliphatic heterocycles. The highest BCUT2D eigenvalue weighted by atomic mass is 35.5. The standard InChI is InChI=1S/C30H30ClF3N4O2.C30H30F4N4O2/c2*31-21-10-8-19(9-11-21)18-38-24-12-13-25(38)16-23(15-24)37-28(39)17-35-29(40)26-6-1-2-7-27(26)36-22-5-3-4-20(14-22)30(32,33)34/h2*1-11,14,23-25,36H,12-13,15-18H2,(H,35,40)(H,37,39)/t2*23?,24-,25+. The Morgan fingerprint density at radius 2 is 0.863 bits per heavy atom. The fourth-order valence-corrected chi connectivity index (χ4v) is 11.5. The Bertz CT molecular complexity index is 2910. The summed E-state index contributed by atoms with van der Waals surface area (Å²) in [5, 5.41) is 17.9. The molecule has 2 unspecified atom stereocenters. The zero-order valence-corrected chi connectivity index (χ0v) is 44.1. The van der Waals surface area contributed by atoms with Crippen molar-refractivity contribution in [2.75, 3.05) is 23.7 Å². The predicted octanol–water partition coefficient (Wildman–Crippen LogP) is 11.8. The lowest BCUT2D eigenvalue weighted by Crippen LogP contribution is -2.51. The summed E-state index contributed by atoms with van der Waals surface area (Å²) >= 11 is 6.01. The van der Waals surface area contributed by atoms with Gasteiger partial charge < -0.3 is 31.9 Å². The van der Waals surface area contributed by atoms with Gasteiger partial charge in [0.2, 0.25) is 11.8 Å². The zero-order chi connectivity index (χ0) is 56.6. The van der Waals surface area contributed by atoms with E-state index in [1.165, 1.54) is 48.0 Å². The summed E-state index contributed by atoms with van der Waals surface area (Å²) in [5.74, 6) is -1.83. The average molecular weight is 1130 g/mol. The van der Waals surface area contributed by atoms with Gasteiger partial charge in [0.05, 0.1) is 46.7 Å². The lowest BCUT2D eigenvalue weighted by molar-refractivity contribution is -0.138. The third-order valence-electron chi connectivity index (χ3n) is 15.2. The summed E-state index contributed by atoms with van der Waals surface area (Å²) in [5.41, 5.74) is 2.17. The second-order valence-electron chi connectivity index (χ2n) is 20.7. The highest BCUT2D eigenvalue weighted by molar-refractivity contribution is 6.30. The van der Waals surface area contributed by atoms with E-state index < -0.39 is 35.3 Å². The fourth-order valence-electron chi connectivity index (χ4n) is 11.4. The molecule has 4 amide bonds. The molecule has 6 aromatic carbocycles. The van der Waals surface area contributed by atoms with Gasteiger partial charge >= 0.3 is 12.4 Å². The predicted molar refractivity (Wildman–Crippen MR) is 292 cm³/mol. The first-order valence-electron chi connectivity index (χ1n) is 26.5. The van der Waals surface area contributed by atoms with Crippen LogP contribution in [0.2, 0.25) is 5.02 Å². The molecule has 6 N–H and O–H groups in total. The van der Waals surface area contributed by atoms with Crippen LogP contribution in [0, 0.1) is 5.82 Å². The number of alkyl halides is 6. The molecule has 4 saturated heterocycles. The van der Waals surface area contributed by atoms with E-state index in [1.807, 2.05) is 24.3 Å². The summed E-state index contributed by atoms with van der Waals surface area (Å²) in [6, 6.07) is 38.3. The van der Waals surface area contributed by atoms with Crippen LogP contribution in [0.5, 0.6) is 0 Å². The van der Waals surface area contributed by atoms with Gasteiger partial charge in [0, 0.05) is 65.7 Å². The van der Waals surface area contributed by atoms with Gasteiger partial charge in [-0.3, -0.25) is 29.0 Å². The maximum atomic E-state index is 13.3. The number of rotatable bonds is 16. The van der Waals surface area contributed by atoms with Gasteiger partial charge in [-0.1, -0.05) is 72.3 Å². The second-order valence-corrected chi connectivity index (χ2v) is 21.1. The van der Waals surface area contributed by atoms with Gasteiger partial charge in [-0.25, -0.2) is 4.39 Å². The van der Waals surface area contributed by atoms with E-state index in [-0.39, 0.29) is 65.3 Å². The molecule has 4 aliphatic rings. The molecular weight excluding hydrogens is 1070 g/mol. The van der Waals surface area contributed by atoms with Crippen LogP contribution < -0.4 is 31.9 Å². The van der Waals surface area contributed by atoms with Crippen molar-refractivity contribution in [2.45, 2.75) is 113 Å². The molecule has 0 saturated carbocycles. The topological polar surface area (TPSA) is 147 Å². The molecule has 0 aromatic heterocycles. The Morgan fingerprint density at radius 1 is 0.487 bits per heavy atom. The van der Waals surface area contributed by atoms with Crippen LogP contribution in [0.4, 0.5) is 53.5 Å². The number of hydrogen-bond donors (Lipinski definition) is 6. The minimum atomic E-state index is -4.49. The zero-order valence-electron chi connectivity index (χ0n) is 43.4. The number of halogens is 8. The van der Waals surface area contributed by atoms with Crippen LogP contribution in [-0.4, -0.2) is 82.8 Å². The third kappa shape index (κ3) is 15.0. The highest BCUT2D eigenvalue weighted by Gasteiger charge is 2.42. The van der Waals surface area contributed by atoms with Crippen molar-refractivity contribution in [1.29, 1.82) is 0 Å². The molecule has 12 nitrogen and oxygen atoms in total. The molecule has 80 heavy (non-hydrogen) atoms. The summed E-state index contributed by atoms with van der Waals surface area (Å²) in [7, 11) is 0. The van der Waals surface area contributed by atoms with Crippen molar-refractivity contribution in [3.8, 4) is 0 Å². The van der Waals surface area contributed by atoms with Crippen LogP contribution in [0.1, 0.15) is 94.3 Å². The quantitative estimate of drug-likeness (QED) is 0.0525. The van der Waals surface area contributed by atoms with E-state index in [9.17, 15) is 49.9 Å². The smallest absolute Gasteiger partial charge is 0.355 e. The summed E-state index contributed by atoms with van der Waals surface area (Å²) in [6.45, 7) is 1.19. The van der Waals surface area contributed by atoms with Crippen molar-refractivity contribution >= 4 is 58.0 Å². The van der Waals surface area contributed by atoms with Gasteiger partial charge in [0.25, 0.3) is 11.8 Å². The molecule has 4 bridgehead atoms. The van der Waals surface area contributed by atoms with Crippen molar-refractivity contribution in [3.05, 3.63) is 190 Å². The average Bonchev–Trinajstić information content (AvgIpc) is 3.81. The summed E-state index contributed by atoms with van der Waals surface area (Å²) in [4.78, 5) is 56.2. The third-order valence-corrected chi connectivity index (χ3v) is 15.4. The lowest BCUT2D eigenvalue weighted by atomic mass is 9.96. The highest BCUT2D eigenvalue weighted by Crippen LogP contribution is 2.39. The van der Waals surface area contributed by atoms with E-state index in [0.29, 0.717) is 35.5 Å². The van der Waals surface area contributed by atoms with E-state index in [1.54, 1.807) is 54.6 Å². The van der Waals surface area contributed by atoms with Gasteiger partial charge in [-0.15, -0.1) is 0 Å². The molecule has 4 fully saturated rings. The number of benzene rings is 6. The first-order chi connectivity index (χ1) is 38.3. The van der Waals surface area contributed by atoms with Crippen LogP contribution >= 0.6 is 11.6 Å². The minimum Gasteiger partial charge on any atom is -0.355 e. The maximum absolute atomic E-state index is 13.3. The number of nitrogens with one attached hydrogen (secondary N) is 6. The summed E-state index contributed by atoms with van der Waals surface area (Å²) < 4.78 is 91.8. The Kier molecular flexibility index (Phi) is 18.1. The van der Waals surface area contributed by atoms with Crippen LogP contribution in [0.3, 0.4) is 0 Å². The number of carbonyl (C=O) groups is 4. The van der Waals surface area contributed by atoms with Crippen LogP contribution in [0.15, 0.2) is 146 Å². The molecule has 20 heteroatoms. The SMILES string of the molecule is O=C(CNC(=O)c1ccccc1Nc1cccc(C(F)(F)F)c1)NC1C[C@H]2CC[C@@H](C1)N2Cc1ccc(Cl)cc1.O=C(CNC(=O)c1ccccc1Nc1cccc(C(F)(F)F)c1)NC1C[C@H]2CC[C@@H](C1)N2Cc1ccc(F)cc1. The molecular formula is C60H60ClF7N8O4. The first-order valence-corrected chi connectivity index (χ1v) is 26.9. The van der Waals surface area contributed by atoms with Crippen LogP contribution in [-0.2, 0) is 35.0 Å². The van der Waals surface area contributed by atoms with E-state index >= 15 is 0 Å². The van der Waals surface area contributed by atoms with Crippen LogP contribution in [0.25, 0.3) is 0 Å². The molecule has 0 aliphatic carbocycles. The number of anilines is 4. The minimum absolute atomic E-state index is 0.00114. The lowest BCUT2D eigenvalue weighted by Gasteiger charge is -2.39. The second kappa shape index (κ2) is 25.3. The Labute approximate surface area is 463 Å². The number of fused-ring (bicyclic) bond motifs is 4. The number of hydrogen-bond acceptors (Lipinski definition) is 8. The normalized spacial score (nSPS) is 20.6. The van der Waals surface area contributed by atoms with E-state index in [2.05, 4.69) is 41.7 Å². The maximum Gasteiger partial charge on any atom is 0.416 e. The Balaban J connectivity index is 0.000000194. The number of carbonyl (C=O) groups excluding carboxylic acids is 4. The first kappa shape index (κ1) is 57.2. The monoisotopic (exact) mass is 1120 g/mol. The van der Waals surface area contributed by atoms with Gasteiger partial charge in [-0.2, -0.15) is 26.3 Å². The molecule has 6 aromatic rings. The molecule has 420 valence electrons. The Hall–Kier alpha value is -7.48. The largest absolute Gasteiger partial charge is 0.416 e. The number of para-hydroxylation sites is 2. The van der Waals surface area contributed by atoms with Crippen molar-refractivity contribution in [2.24, 2.45) is 0 Å². The van der Waals surface area contributed by atoms with Gasteiger partial charge in [0.1, 0.15) is 5.82 Å². The number of nitrogens with zero attached hydrogens (tertiary/aromatic N) is 2. The van der Waals surface area contributed by atoms with Gasteiger partial charge in [0.15, 0.2) is 0 Å². The summed E-state index contributed by atoms with van der Waals surface area (Å²) in [6.07, 6.45) is -1.36. The van der Waals surface area contributed by atoms with Crippen molar-refractivity contribution < 1.29 is 49.9 Å². The van der Waals surface area contributed by atoms with Crippen molar-refractivity contribution in [3.63, 3.8) is 0 Å². The molecule has 0 radical (unpaired) electrons. The molecule has 0 spiro atoms. The van der Waals surface area contributed by atoms with Gasteiger partial charge in [-0.05, 0) is 147 Å². The van der Waals surface area contributed by atoms with E-state index in [4.69, 9.17) is 11.6 Å².